The molecule has 0 bridgehead atoms. The number of aliphatic hydroxyl groups is 1. The zero-order chi connectivity index (χ0) is 11.6. The van der Waals surface area contributed by atoms with Gasteiger partial charge in [-0.1, -0.05) is 26.0 Å². The molecule has 3 N–H and O–H groups in total. The smallest absolute Gasteiger partial charge is 0.137 e. The molecule has 16 heavy (non-hydrogen) atoms. The van der Waals surface area contributed by atoms with Gasteiger partial charge < -0.3 is 10.8 Å². The van der Waals surface area contributed by atoms with Crippen molar-refractivity contribution in [2.75, 3.05) is 0 Å². The average Bonchev–Trinajstić information content (AvgIpc) is 2.20. The number of benzene rings is 1. The van der Waals surface area contributed by atoms with Crippen molar-refractivity contribution >= 4 is 28.3 Å². The third-order valence-corrected chi connectivity index (χ3v) is 3.23. The van der Waals surface area contributed by atoms with Gasteiger partial charge in [0.25, 0.3) is 0 Å². The van der Waals surface area contributed by atoms with Crippen molar-refractivity contribution in [3.8, 4) is 0 Å². The van der Waals surface area contributed by atoms with Crippen LogP contribution in [0.5, 0.6) is 0 Å². The van der Waals surface area contributed by atoms with Crippen LogP contribution in [0, 0.1) is 11.7 Å². The predicted octanol–water partition coefficient (Wildman–Crippen LogP) is 3.03. The molecule has 0 aromatic heterocycles. The van der Waals surface area contributed by atoms with Gasteiger partial charge in [-0.3, -0.25) is 0 Å². The number of hydrogen-bond acceptors (Lipinski definition) is 2. The Morgan fingerprint density at radius 2 is 1.94 bits per heavy atom. The van der Waals surface area contributed by atoms with E-state index in [-0.39, 0.29) is 24.1 Å². The molecule has 0 amide bonds. The van der Waals surface area contributed by atoms with E-state index in [1.807, 2.05) is 13.8 Å². The van der Waals surface area contributed by atoms with Gasteiger partial charge in [0.1, 0.15) is 5.82 Å². The molecule has 0 fully saturated rings. The number of nitrogens with two attached hydrogens (primary N) is 1. The zero-order valence-corrected chi connectivity index (χ0v) is 11.6. The Hall–Kier alpha value is -0.160. The standard InChI is InChI=1S/C11H15BrFNO.ClH/c1-6(2)11(15)10(14)7-4-3-5-8(13)9(7)12;/h3-6,10-11,15H,14H2,1-2H3;1H/t10-,11+;/m1./s1. The second-order valence-electron chi connectivity index (χ2n) is 3.90. The van der Waals surface area contributed by atoms with Gasteiger partial charge in [0.2, 0.25) is 0 Å². The molecule has 0 saturated carbocycles. The molecule has 0 unspecified atom stereocenters. The van der Waals surface area contributed by atoms with Crippen molar-refractivity contribution in [3.63, 3.8) is 0 Å². The molecule has 92 valence electrons. The first-order valence-electron chi connectivity index (χ1n) is 4.82. The summed E-state index contributed by atoms with van der Waals surface area (Å²) in [7, 11) is 0. The maximum atomic E-state index is 13.2. The molecular weight excluding hydrogens is 296 g/mol. The highest BCUT2D eigenvalue weighted by Gasteiger charge is 2.22. The maximum absolute atomic E-state index is 13.2. The summed E-state index contributed by atoms with van der Waals surface area (Å²) < 4.78 is 13.6. The lowest BCUT2D eigenvalue weighted by atomic mass is 9.94. The predicted molar refractivity (Wildman–Crippen MR) is 69.1 cm³/mol. The summed E-state index contributed by atoms with van der Waals surface area (Å²) in [4.78, 5) is 0. The SMILES string of the molecule is CC(C)[C@H](O)[C@H](N)c1cccc(F)c1Br.Cl. The summed E-state index contributed by atoms with van der Waals surface area (Å²) >= 11 is 3.13. The Labute approximate surface area is 110 Å². The third kappa shape index (κ3) is 3.42. The molecular formula is C11H16BrClFNO. The molecule has 0 aliphatic heterocycles. The van der Waals surface area contributed by atoms with E-state index in [0.29, 0.717) is 10.0 Å². The molecule has 1 aromatic rings. The molecule has 0 radical (unpaired) electrons. The summed E-state index contributed by atoms with van der Waals surface area (Å²) in [5.74, 6) is -0.325. The van der Waals surface area contributed by atoms with E-state index in [4.69, 9.17) is 5.73 Å². The van der Waals surface area contributed by atoms with Gasteiger partial charge in [-0.15, -0.1) is 12.4 Å². The van der Waals surface area contributed by atoms with Crippen molar-refractivity contribution in [2.24, 2.45) is 11.7 Å². The molecule has 2 atom stereocenters. The lowest BCUT2D eigenvalue weighted by Gasteiger charge is -2.23. The van der Waals surface area contributed by atoms with Gasteiger partial charge in [0, 0.05) is 0 Å². The van der Waals surface area contributed by atoms with Crippen molar-refractivity contribution in [3.05, 3.63) is 34.1 Å². The minimum absolute atomic E-state index is 0. The fraction of sp³-hybridized carbons (Fsp3) is 0.455. The highest BCUT2D eigenvalue weighted by atomic mass is 79.9. The van der Waals surface area contributed by atoms with Crippen LogP contribution in [0.2, 0.25) is 0 Å². The van der Waals surface area contributed by atoms with E-state index in [9.17, 15) is 9.50 Å². The largest absolute Gasteiger partial charge is 0.391 e. The minimum Gasteiger partial charge on any atom is -0.391 e. The molecule has 2 nitrogen and oxygen atoms in total. The summed E-state index contributed by atoms with van der Waals surface area (Å²) in [5.41, 5.74) is 6.46. The summed E-state index contributed by atoms with van der Waals surface area (Å²) in [5, 5.41) is 9.80. The zero-order valence-electron chi connectivity index (χ0n) is 9.15. The van der Waals surface area contributed by atoms with E-state index in [1.54, 1.807) is 12.1 Å². The second kappa shape index (κ2) is 6.55. The molecule has 1 rings (SSSR count). The maximum Gasteiger partial charge on any atom is 0.137 e. The van der Waals surface area contributed by atoms with Crippen LogP contribution in [0.3, 0.4) is 0 Å². The van der Waals surface area contributed by atoms with Crippen LogP contribution in [0.1, 0.15) is 25.5 Å². The van der Waals surface area contributed by atoms with Gasteiger partial charge in [0.05, 0.1) is 16.6 Å². The fourth-order valence-corrected chi connectivity index (χ4v) is 1.91. The highest BCUT2D eigenvalue weighted by molar-refractivity contribution is 9.10. The quantitative estimate of drug-likeness (QED) is 0.901. The minimum atomic E-state index is -0.678. The first kappa shape index (κ1) is 15.8. The van der Waals surface area contributed by atoms with E-state index in [2.05, 4.69) is 15.9 Å². The van der Waals surface area contributed by atoms with E-state index < -0.39 is 12.1 Å². The van der Waals surface area contributed by atoms with Gasteiger partial charge >= 0.3 is 0 Å². The Balaban J connectivity index is 0.00000225. The highest BCUT2D eigenvalue weighted by Crippen LogP contribution is 2.28. The van der Waals surface area contributed by atoms with E-state index in [1.165, 1.54) is 6.07 Å². The fourth-order valence-electron chi connectivity index (χ4n) is 1.38. The van der Waals surface area contributed by atoms with Crippen molar-refractivity contribution in [2.45, 2.75) is 26.0 Å². The number of aliphatic hydroxyl groups excluding tert-OH is 1. The topological polar surface area (TPSA) is 46.2 Å². The number of halogens is 3. The lowest BCUT2D eigenvalue weighted by molar-refractivity contribution is 0.0976. The summed E-state index contributed by atoms with van der Waals surface area (Å²) in [6, 6.07) is 4.07. The van der Waals surface area contributed by atoms with Crippen LogP contribution in [-0.2, 0) is 0 Å². The molecule has 0 heterocycles. The van der Waals surface area contributed by atoms with Gasteiger partial charge in [-0.05, 0) is 33.5 Å². The Kier molecular flexibility index (Phi) is 6.48. The third-order valence-electron chi connectivity index (χ3n) is 2.39. The lowest BCUT2D eigenvalue weighted by Crippen LogP contribution is -2.30. The van der Waals surface area contributed by atoms with Crippen LogP contribution in [-0.4, -0.2) is 11.2 Å². The Bertz CT molecular complexity index is 349. The van der Waals surface area contributed by atoms with Crippen LogP contribution < -0.4 is 5.73 Å². The van der Waals surface area contributed by atoms with Crippen LogP contribution in [0.4, 0.5) is 4.39 Å². The molecule has 1 aromatic carbocycles. The van der Waals surface area contributed by atoms with Gasteiger partial charge in [-0.2, -0.15) is 0 Å². The average molecular weight is 313 g/mol. The molecule has 0 saturated heterocycles. The Morgan fingerprint density at radius 1 is 1.38 bits per heavy atom. The Morgan fingerprint density at radius 3 is 2.44 bits per heavy atom. The van der Waals surface area contributed by atoms with Crippen LogP contribution in [0.25, 0.3) is 0 Å². The van der Waals surface area contributed by atoms with Crippen LogP contribution in [0.15, 0.2) is 22.7 Å². The first-order chi connectivity index (χ1) is 6.95. The second-order valence-corrected chi connectivity index (χ2v) is 4.70. The van der Waals surface area contributed by atoms with E-state index in [0.717, 1.165) is 0 Å². The van der Waals surface area contributed by atoms with Gasteiger partial charge in [0.15, 0.2) is 0 Å². The van der Waals surface area contributed by atoms with Crippen molar-refractivity contribution in [1.82, 2.24) is 0 Å². The van der Waals surface area contributed by atoms with Crippen molar-refractivity contribution in [1.29, 1.82) is 0 Å². The molecule has 0 spiro atoms. The molecule has 5 heteroatoms. The van der Waals surface area contributed by atoms with Gasteiger partial charge in [-0.25, -0.2) is 4.39 Å². The van der Waals surface area contributed by atoms with E-state index >= 15 is 0 Å². The monoisotopic (exact) mass is 311 g/mol. The van der Waals surface area contributed by atoms with Crippen molar-refractivity contribution < 1.29 is 9.50 Å². The van der Waals surface area contributed by atoms with Crippen LogP contribution >= 0.6 is 28.3 Å². The summed E-state index contributed by atoms with van der Waals surface area (Å²) in [6.07, 6.45) is -0.678. The number of rotatable bonds is 3. The number of hydrogen-bond donors (Lipinski definition) is 2. The first-order valence-corrected chi connectivity index (χ1v) is 5.62. The normalized spacial score (nSPS) is 14.4. The molecule has 0 aliphatic rings. The summed E-state index contributed by atoms with van der Waals surface area (Å²) in [6.45, 7) is 3.75. The molecule has 0 aliphatic carbocycles.